The lowest BCUT2D eigenvalue weighted by Crippen LogP contribution is -2.53. The Morgan fingerprint density at radius 1 is 1.47 bits per heavy atom. The minimum atomic E-state index is -0.220. The van der Waals surface area contributed by atoms with Gasteiger partial charge in [0.2, 0.25) is 0 Å². The number of benzene rings is 1. The Labute approximate surface area is 114 Å². The average molecular weight is 266 g/mol. The number of halogens is 1. The van der Waals surface area contributed by atoms with Crippen molar-refractivity contribution in [2.75, 3.05) is 27.2 Å². The highest BCUT2D eigenvalue weighted by Gasteiger charge is 2.29. The molecule has 19 heavy (non-hydrogen) atoms. The van der Waals surface area contributed by atoms with Gasteiger partial charge in [-0.25, -0.2) is 4.39 Å². The predicted octanol–water partition coefficient (Wildman–Crippen LogP) is 2.19. The fourth-order valence-electron chi connectivity index (χ4n) is 2.93. The second-order valence-corrected chi connectivity index (χ2v) is 5.66. The van der Waals surface area contributed by atoms with Gasteiger partial charge in [0.05, 0.1) is 7.11 Å². The monoisotopic (exact) mass is 266 g/mol. The first-order valence-electron chi connectivity index (χ1n) is 6.82. The molecule has 1 aliphatic rings. The minimum absolute atomic E-state index is 0.162. The zero-order valence-corrected chi connectivity index (χ0v) is 11.8. The van der Waals surface area contributed by atoms with E-state index in [1.807, 2.05) is 0 Å². The van der Waals surface area contributed by atoms with Crippen LogP contribution in [0.4, 0.5) is 4.39 Å². The molecule has 0 aliphatic carbocycles. The molecule has 0 aromatic heterocycles. The Morgan fingerprint density at radius 3 is 2.95 bits per heavy atom. The first-order valence-corrected chi connectivity index (χ1v) is 6.82. The van der Waals surface area contributed by atoms with E-state index < -0.39 is 0 Å². The van der Waals surface area contributed by atoms with Crippen LogP contribution in [0.15, 0.2) is 18.2 Å². The number of likely N-dealkylation sites (tertiary alicyclic amines) is 1. The van der Waals surface area contributed by atoms with Crippen molar-refractivity contribution in [1.29, 1.82) is 0 Å². The van der Waals surface area contributed by atoms with Crippen LogP contribution in [0.25, 0.3) is 0 Å². The molecule has 106 valence electrons. The van der Waals surface area contributed by atoms with Crippen LogP contribution in [0.5, 0.6) is 5.75 Å². The number of aryl methyl sites for hydroxylation is 1. The summed E-state index contributed by atoms with van der Waals surface area (Å²) in [4.78, 5) is 2.27. The van der Waals surface area contributed by atoms with Crippen LogP contribution < -0.4 is 10.5 Å². The lowest BCUT2D eigenvalue weighted by atomic mass is 9.84. The Kier molecular flexibility index (Phi) is 4.42. The maximum atomic E-state index is 13.3. The molecule has 1 atom stereocenters. The van der Waals surface area contributed by atoms with Crippen molar-refractivity contribution >= 4 is 0 Å². The van der Waals surface area contributed by atoms with Crippen molar-refractivity contribution in [2.24, 2.45) is 5.73 Å². The van der Waals surface area contributed by atoms with E-state index in [1.165, 1.54) is 6.07 Å². The molecule has 1 fully saturated rings. The molecule has 0 radical (unpaired) electrons. The summed E-state index contributed by atoms with van der Waals surface area (Å²) in [6.07, 6.45) is 3.78. The van der Waals surface area contributed by atoms with Gasteiger partial charge in [-0.3, -0.25) is 0 Å². The van der Waals surface area contributed by atoms with Gasteiger partial charge in [0, 0.05) is 12.1 Å². The molecule has 3 nitrogen and oxygen atoms in total. The molecule has 1 aromatic carbocycles. The number of piperidine rings is 1. The first kappa shape index (κ1) is 14.3. The van der Waals surface area contributed by atoms with Crippen LogP contribution in [0.3, 0.4) is 0 Å². The number of methoxy groups -OCH3 is 1. The predicted molar refractivity (Wildman–Crippen MR) is 74.9 cm³/mol. The van der Waals surface area contributed by atoms with Crippen molar-refractivity contribution in [3.8, 4) is 5.75 Å². The van der Waals surface area contributed by atoms with Gasteiger partial charge >= 0.3 is 0 Å². The summed E-state index contributed by atoms with van der Waals surface area (Å²) in [6.45, 7) is 2.02. The number of ether oxygens (including phenoxy) is 1. The van der Waals surface area contributed by atoms with E-state index in [-0.39, 0.29) is 11.4 Å². The van der Waals surface area contributed by atoms with Gasteiger partial charge in [0.1, 0.15) is 11.6 Å². The molecule has 1 aliphatic heterocycles. The van der Waals surface area contributed by atoms with Gasteiger partial charge in [-0.2, -0.15) is 0 Å². The third-order valence-corrected chi connectivity index (χ3v) is 3.93. The minimum Gasteiger partial charge on any atom is -0.496 e. The molecule has 1 aromatic rings. The number of likely N-dealkylation sites (N-methyl/N-ethyl adjacent to an activating group) is 1. The number of hydrogen-bond acceptors (Lipinski definition) is 3. The fourth-order valence-corrected chi connectivity index (χ4v) is 2.93. The van der Waals surface area contributed by atoms with Crippen LogP contribution in [-0.4, -0.2) is 37.7 Å². The summed E-state index contributed by atoms with van der Waals surface area (Å²) >= 11 is 0. The van der Waals surface area contributed by atoms with Gasteiger partial charge in [-0.05, 0) is 63.0 Å². The third kappa shape index (κ3) is 3.67. The van der Waals surface area contributed by atoms with Crippen LogP contribution in [0.1, 0.15) is 24.8 Å². The molecule has 2 N–H and O–H groups in total. The van der Waals surface area contributed by atoms with Crippen molar-refractivity contribution in [1.82, 2.24) is 4.90 Å². The van der Waals surface area contributed by atoms with Crippen LogP contribution >= 0.6 is 0 Å². The maximum absolute atomic E-state index is 13.3. The highest BCUT2D eigenvalue weighted by molar-refractivity contribution is 5.34. The van der Waals surface area contributed by atoms with Gasteiger partial charge < -0.3 is 15.4 Å². The highest BCUT2D eigenvalue weighted by atomic mass is 19.1. The smallest absolute Gasteiger partial charge is 0.123 e. The summed E-state index contributed by atoms with van der Waals surface area (Å²) in [5, 5.41) is 0. The second kappa shape index (κ2) is 5.88. The molecular weight excluding hydrogens is 243 g/mol. The van der Waals surface area contributed by atoms with E-state index in [2.05, 4.69) is 11.9 Å². The number of rotatable bonds is 4. The number of nitrogens with zero attached hydrogens (tertiary/aromatic N) is 1. The van der Waals surface area contributed by atoms with E-state index >= 15 is 0 Å². The topological polar surface area (TPSA) is 38.5 Å². The quantitative estimate of drug-likeness (QED) is 0.908. The number of hydrogen-bond donors (Lipinski definition) is 1. The van der Waals surface area contributed by atoms with Gasteiger partial charge in [-0.1, -0.05) is 0 Å². The zero-order chi connectivity index (χ0) is 13.9. The summed E-state index contributed by atoms with van der Waals surface area (Å²) in [7, 11) is 3.72. The molecule has 1 unspecified atom stereocenters. The Bertz CT molecular complexity index is 438. The zero-order valence-electron chi connectivity index (χ0n) is 11.8. The highest BCUT2D eigenvalue weighted by Crippen LogP contribution is 2.26. The Morgan fingerprint density at radius 2 is 2.26 bits per heavy atom. The van der Waals surface area contributed by atoms with E-state index in [9.17, 15) is 4.39 Å². The van der Waals surface area contributed by atoms with Crippen molar-refractivity contribution < 1.29 is 9.13 Å². The summed E-state index contributed by atoms with van der Waals surface area (Å²) in [6, 6.07) is 4.66. The molecular formula is C15H23FN2O. The lowest BCUT2D eigenvalue weighted by molar-refractivity contribution is 0.170. The molecule has 0 saturated carbocycles. The Balaban J connectivity index is 2.03. The van der Waals surface area contributed by atoms with Crippen molar-refractivity contribution in [2.45, 2.75) is 31.2 Å². The fraction of sp³-hybridized carbons (Fsp3) is 0.600. The van der Waals surface area contributed by atoms with Gasteiger partial charge in [0.25, 0.3) is 0 Å². The summed E-state index contributed by atoms with van der Waals surface area (Å²) < 4.78 is 18.6. The first-order chi connectivity index (χ1) is 9.02. The SMILES string of the molecule is COc1ccc(F)cc1CCC1(N)CCCN(C)C1. The van der Waals surface area contributed by atoms with E-state index in [4.69, 9.17) is 10.5 Å². The lowest BCUT2D eigenvalue weighted by Gasteiger charge is -2.38. The van der Waals surface area contributed by atoms with Crippen molar-refractivity contribution in [3.63, 3.8) is 0 Å². The molecule has 0 bridgehead atoms. The third-order valence-electron chi connectivity index (χ3n) is 3.93. The van der Waals surface area contributed by atoms with E-state index in [0.717, 1.165) is 50.1 Å². The van der Waals surface area contributed by atoms with Crippen LogP contribution in [0, 0.1) is 5.82 Å². The molecule has 0 amide bonds. The second-order valence-electron chi connectivity index (χ2n) is 5.66. The average Bonchev–Trinajstić information content (AvgIpc) is 2.36. The molecule has 0 spiro atoms. The van der Waals surface area contributed by atoms with Crippen molar-refractivity contribution in [3.05, 3.63) is 29.6 Å². The van der Waals surface area contributed by atoms with E-state index in [0.29, 0.717) is 0 Å². The van der Waals surface area contributed by atoms with Crippen LogP contribution in [0.2, 0.25) is 0 Å². The number of nitrogens with two attached hydrogens (primary N) is 1. The standard InChI is InChI=1S/C15H23FN2O/c1-18-9-3-7-15(17,11-18)8-6-12-10-13(16)4-5-14(12)19-2/h4-5,10H,3,6-9,11,17H2,1-2H3. The van der Waals surface area contributed by atoms with E-state index in [1.54, 1.807) is 19.2 Å². The summed E-state index contributed by atoms with van der Waals surface area (Å²) in [5.41, 5.74) is 7.19. The van der Waals surface area contributed by atoms with Gasteiger partial charge in [-0.15, -0.1) is 0 Å². The molecule has 1 saturated heterocycles. The largest absolute Gasteiger partial charge is 0.496 e. The molecule has 1 heterocycles. The van der Waals surface area contributed by atoms with Gasteiger partial charge in [0.15, 0.2) is 0 Å². The summed E-state index contributed by atoms with van der Waals surface area (Å²) in [5.74, 6) is 0.525. The Hall–Kier alpha value is -1.13. The molecule has 2 rings (SSSR count). The normalized spacial score (nSPS) is 24.4. The van der Waals surface area contributed by atoms with Crippen LogP contribution in [-0.2, 0) is 6.42 Å². The maximum Gasteiger partial charge on any atom is 0.123 e. The molecule has 4 heteroatoms.